The molecule has 1 aromatic rings. The third-order valence-corrected chi connectivity index (χ3v) is 4.65. The number of rotatable bonds is 4. The molecule has 5 nitrogen and oxygen atoms in total. The van der Waals surface area contributed by atoms with Gasteiger partial charge in [-0.15, -0.1) is 0 Å². The van der Waals surface area contributed by atoms with Gasteiger partial charge in [0.2, 0.25) is 5.60 Å². The first-order valence-corrected chi connectivity index (χ1v) is 7.61. The fraction of sp³-hybridized carbons (Fsp3) is 0.417. The summed E-state index contributed by atoms with van der Waals surface area (Å²) in [4.78, 5) is 11.0. The Morgan fingerprint density at radius 3 is 2.27 bits per heavy atom. The fourth-order valence-electron chi connectivity index (χ4n) is 1.33. The van der Waals surface area contributed by atoms with Crippen molar-refractivity contribution >= 4 is 21.4 Å². The average Bonchev–Trinajstić information content (AvgIpc) is 2.39. The molecule has 1 rings (SSSR count). The lowest BCUT2D eigenvalue weighted by Crippen LogP contribution is -2.52. The van der Waals surface area contributed by atoms with Gasteiger partial charge in [0.25, 0.3) is 5.91 Å². The third kappa shape index (κ3) is 3.55. The Labute approximate surface area is 123 Å². The second kappa shape index (κ2) is 5.84. The van der Waals surface area contributed by atoms with Gasteiger partial charge in [0.15, 0.2) is 9.84 Å². The summed E-state index contributed by atoms with van der Waals surface area (Å²) in [6.07, 6.45) is -5.25. The Morgan fingerprint density at radius 1 is 1.32 bits per heavy atom. The third-order valence-electron chi connectivity index (χ3n) is 2.92. The molecule has 0 radical (unpaired) electrons. The molecule has 0 fully saturated rings. The van der Waals surface area contributed by atoms with Crippen LogP contribution in [0.2, 0.25) is 0 Å². The lowest BCUT2D eigenvalue weighted by Gasteiger charge is -2.24. The predicted molar refractivity (Wildman–Crippen MR) is 69.4 cm³/mol. The van der Waals surface area contributed by atoms with Crippen molar-refractivity contribution in [2.24, 2.45) is 0 Å². The summed E-state index contributed by atoms with van der Waals surface area (Å²) >= 11 is 0. The predicted octanol–water partition coefficient (Wildman–Crippen LogP) is 1.87. The number of anilines is 1. The molecule has 0 aliphatic heterocycles. The SMILES string of the molecule is CCS(=O)(=O)c1ccc(NC(=O)[C@@](C)(O)C(F)(F)F)c(F)c1. The molecule has 10 heteroatoms. The van der Waals surface area contributed by atoms with Gasteiger partial charge >= 0.3 is 6.18 Å². The largest absolute Gasteiger partial charge is 0.426 e. The van der Waals surface area contributed by atoms with Crippen LogP contribution in [0.25, 0.3) is 0 Å². The van der Waals surface area contributed by atoms with E-state index in [1.54, 1.807) is 5.32 Å². The van der Waals surface area contributed by atoms with Crippen molar-refractivity contribution in [1.29, 1.82) is 0 Å². The van der Waals surface area contributed by atoms with Crippen LogP contribution >= 0.6 is 0 Å². The van der Waals surface area contributed by atoms with Crippen molar-refractivity contribution in [2.75, 3.05) is 11.1 Å². The van der Waals surface area contributed by atoms with Crippen molar-refractivity contribution in [3.8, 4) is 0 Å². The molecular formula is C12H13F4NO4S. The van der Waals surface area contributed by atoms with E-state index in [0.717, 1.165) is 12.1 Å². The number of amides is 1. The molecule has 0 saturated carbocycles. The van der Waals surface area contributed by atoms with Gasteiger partial charge in [0.1, 0.15) is 5.82 Å². The number of nitrogens with one attached hydrogen (secondary N) is 1. The maximum Gasteiger partial charge on any atom is 0.426 e. The van der Waals surface area contributed by atoms with E-state index in [1.165, 1.54) is 6.92 Å². The van der Waals surface area contributed by atoms with Crippen molar-refractivity contribution in [2.45, 2.75) is 30.5 Å². The first-order chi connectivity index (χ1) is 9.83. The summed E-state index contributed by atoms with van der Waals surface area (Å²) in [5.41, 5.74) is -4.39. The van der Waals surface area contributed by atoms with E-state index < -0.39 is 39.0 Å². The van der Waals surface area contributed by atoms with Crippen LogP contribution in [0.1, 0.15) is 13.8 Å². The minimum absolute atomic E-state index is 0.218. The van der Waals surface area contributed by atoms with E-state index in [4.69, 9.17) is 5.11 Å². The molecular weight excluding hydrogens is 330 g/mol. The molecule has 2 N–H and O–H groups in total. The van der Waals surface area contributed by atoms with Gasteiger partial charge in [-0.3, -0.25) is 4.79 Å². The molecule has 0 unspecified atom stereocenters. The molecule has 1 atom stereocenters. The number of hydrogen-bond acceptors (Lipinski definition) is 4. The Balaban J connectivity index is 3.09. The molecule has 22 heavy (non-hydrogen) atoms. The van der Waals surface area contributed by atoms with Crippen LogP contribution < -0.4 is 5.32 Å². The molecule has 124 valence electrons. The first kappa shape index (κ1) is 18.4. The molecule has 0 saturated heterocycles. The fourth-order valence-corrected chi connectivity index (χ4v) is 2.22. The highest BCUT2D eigenvalue weighted by Crippen LogP contribution is 2.31. The average molecular weight is 343 g/mol. The number of sulfone groups is 1. The Bertz CT molecular complexity index is 683. The summed E-state index contributed by atoms with van der Waals surface area (Å²) in [6, 6.07) is 2.33. The first-order valence-electron chi connectivity index (χ1n) is 5.95. The highest BCUT2D eigenvalue weighted by Gasteiger charge is 2.55. The Morgan fingerprint density at radius 2 is 1.86 bits per heavy atom. The second-order valence-electron chi connectivity index (χ2n) is 4.57. The summed E-state index contributed by atoms with van der Waals surface area (Å²) < 4.78 is 74.2. The van der Waals surface area contributed by atoms with E-state index in [2.05, 4.69) is 0 Å². The van der Waals surface area contributed by atoms with Crippen LogP contribution in [0.4, 0.5) is 23.2 Å². The summed E-state index contributed by atoms with van der Waals surface area (Å²) in [7, 11) is -3.70. The molecule has 1 aromatic carbocycles. The van der Waals surface area contributed by atoms with Crippen molar-refractivity contribution < 1.29 is 35.9 Å². The summed E-state index contributed by atoms with van der Waals surface area (Å²) in [5.74, 6) is -3.41. The minimum Gasteiger partial charge on any atom is -0.373 e. The monoisotopic (exact) mass is 343 g/mol. The van der Waals surface area contributed by atoms with Crippen molar-refractivity contribution in [1.82, 2.24) is 0 Å². The minimum atomic E-state index is -5.25. The lowest BCUT2D eigenvalue weighted by molar-refractivity contribution is -0.242. The smallest absolute Gasteiger partial charge is 0.373 e. The van der Waals surface area contributed by atoms with Crippen LogP contribution in [0.5, 0.6) is 0 Å². The van der Waals surface area contributed by atoms with Gasteiger partial charge in [-0.25, -0.2) is 12.8 Å². The zero-order valence-corrected chi connectivity index (χ0v) is 12.3. The molecule has 0 aromatic heterocycles. The number of carbonyl (C=O) groups excluding carboxylic acids is 1. The standard InChI is InChI=1S/C12H13F4NO4S/c1-3-22(20,21)7-4-5-9(8(13)6-7)17-10(18)11(2,19)12(14,15)16/h4-6,19H,3H2,1-2H3,(H,17,18)/t11-/m1/s1. The van der Waals surface area contributed by atoms with Crippen LogP contribution in [-0.2, 0) is 14.6 Å². The van der Waals surface area contributed by atoms with E-state index in [1.807, 2.05) is 0 Å². The molecule has 0 aliphatic rings. The number of carbonyl (C=O) groups is 1. The molecule has 0 spiro atoms. The number of hydrogen-bond donors (Lipinski definition) is 2. The molecule has 0 bridgehead atoms. The van der Waals surface area contributed by atoms with Crippen molar-refractivity contribution in [3.05, 3.63) is 24.0 Å². The van der Waals surface area contributed by atoms with Gasteiger partial charge in [-0.05, 0) is 25.1 Å². The Hall–Kier alpha value is -1.68. The van der Waals surface area contributed by atoms with E-state index in [-0.39, 0.29) is 17.6 Å². The van der Waals surface area contributed by atoms with Gasteiger partial charge in [-0.1, -0.05) is 6.92 Å². The van der Waals surface area contributed by atoms with Gasteiger partial charge < -0.3 is 10.4 Å². The number of alkyl halides is 3. The van der Waals surface area contributed by atoms with Gasteiger partial charge in [-0.2, -0.15) is 13.2 Å². The van der Waals surface area contributed by atoms with Gasteiger partial charge in [0.05, 0.1) is 16.3 Å². The second-order valence-corrected chi connectivity index (χ2v) is 6.85. The van der Waals surface area contributed by atoms with Crippen LogP contribution in [0.3, 0.4) is 0 Å². The molecule has 0 aliphatic carbocycles. The van der Waals surface area contributed by atoms with Crippen LogP contribution in [0.15, 0.2) is 23.1 Å². The summed E-state index contributed by atoms with van der Waals surface area (Å²) in [6.45, 7) is 1.56. The number of halogens is 4. The van der Waals surface area contributed by atoms with E-state index in [9.17, 15) is 30.8 Å². The summed E-state index contributed by atoms with van der Waals surface area (Å²) in [5, 5.41) is 10.7. The normalized spacial score (nSPS) is 15.2. The van der Waals surface area contributed by atoms with Crippen LogP contribution in [-0.4, -0.2) is 37.0 Å². The highest BCUT2D eigenvalue weighted by molar-refractivity contribution is 7.91. The zero-order valence-electron chi connectivity index (χ0n) is 11.5. The van der Waals surface area contributed by atoms with Crippen molar-refractivity contribution in [3.63, 3.8) is 0 Å². The van der Waals surface area contributed by atoms with E-state index in [0.29, 0.717) is 6.07 Å². The number of benzene rings is 1. The van der Waals surface area contributed by atoms with Gasteiger partial charge in [0, 0.05) is 0 Å². The highest BCUT2D eigenvalue weighted by atomic mass is 32.2. The van der Waals surface area contributed by atoms with E-state index >= 15 is 0 Å². The quantitative estimate of drug-likeness (QED) is 0.818. The maximum atomic E-state index is 13.7. The zero-order chi connectivity index (χ0) is 17.3. The van der Waals surface area contributed by atoms with Crippen LogP contribution in [0, 0.1) is 5.82 Å². The molecule has 1 amide bonds. The number of aliphatic hydroxyl groups is 1. The maximum absolute atomic E-state index is 13.7. The topological polar surface area (TPSA) is 83.5 Å². The molecule has 0 heterocycles. The Kier molecular flexibility index (Phi) is 4.88. The lowest BCUT2D eigenvalue weighted by atomic mass is 10.1.